The average Bonchev–Trinajstić information content (AvgIpc) is 2.37. The minimum absolute atomic E-state index is 0.592. The van der Waals surface area contributed by atoms with Crippen molar-refractivity contribution in [2.24, 2.45) is 0 Å². The molecular formula is C15H20O2. The van der Waals surface area contributed by atoms with Crippen molar-refractivity contribution in [2.75, 3.05) is 6.61 Å². The summed E-state index contributed by atoms with van der Waals surface area (Å²) < 4.78 is 5.57. The lowest BCUT2D eigenvalue weighted by atomic mass is 10.2. The first kappa shape index (κ1) is 13.5. The number of benzene rings is 1. The zero-order valence-electron chi connectivity index (χ0n) is 10.4. The highest BCUT2D eigenvalue weighted by Gasteiger charge is 1.92. The maximum Gasteiger partial charge on any atom is 0.120 e. The highest BCUT2D eigenvalue weighted by molar-refractivity contribution is 5.53. The Morgan fingerprint density at radius 2 is 1.94 bits per heavy atom. The number of carbonyl (C=O) groups excluding carboxylic acids is 1. The van der Waals surface area contributed by atoms with Gasteiger partial charge in [-0.25, -0.2) is 0 Å². The van der Waals surface area contributed by atoms with E-state index in [0.29, 0.717) is 6.42 Å². The van der Waals surface area contributed by atoms with E-state index in [4.69, 9.17) is 4.74 Å². The molecule has 0 spiro atoms. The Kier molecular flexibility index (Phi) is 6.80. The molecule has 0 aliphatic rings. The second kappa shape index (κ2) is 8.57. The zero-order valence-corrected chi connectivity index (χ0v) is 10.4. The maximum atomic E-state index is 10.1. The van der Waals surface area contributed by atoms with Gasteiger partial charge in [-0.3, -0.25) is 0 Å². The van der Waals surface area contributed by atoms with Crippen molar-refractivity contribution in [3.05, 3.63) is 35.9 Å². The van der Waals surface area contributed by atoms with Crippen molar-refractivity contribution in [2.45, 2.75) is 32.6 Å². The molecule has 1 rings (SSSR count). The van der Waals surface area contributed by atoms with Crippen LogP contribution in [-0.2, 0) is 4.79 Å². The van der Waals surface area contributed by atoms with E-state index < -0.39 is 0 Å². The SMILES string of the molecule is CCCCOc1ccc(/C=C/CCC=O)cc1. The summed E-state index contributed by atoms with van der Waals surface area (Å²) in [6, 6.07) is 8.02. The number of hydrogen-bond acceptors (Lipinski definition) is 2. The van der Waals surface area contributed by atoms with Crippen LogP contribution in [0.3, 0.4) is 0 Å². The molecule has 0 fully saturated rings. The largest absolute Gasteiger partial charge is 0.494 e. The van der Waals surface area contributed by atoms with Gasteiger partial charge >= 0.3 is 0 Å². The highest BCUT2D eigenvalue weighted by Crippen LogP contribution is 2.13. The fourth-order valence-electron chi connectivity index (χ4n) is 1.39. The lowest BCUT2D eigenvalue weighted by molar-refractivity contribution is -0.107. The molecule has 0 aromatic heterocycles. The molecule has 2 nitrogen and oxygen atoms in total. The lowest BCUT2D eigenvalue weighted by Crippen LogP contribution is -1.95. The van der Waals surface area contributed by atoms with Crippen LogP contribution in [0.2, 0.25) is 0 Å². The maximum absolute atomic E-state index is 10.1. The third-order valence-electron chi connectivity index (χ3n) is 2.41. The number of rotatable bonds is 8. The number of carbonyl (C=O) groups is 1. The van der Waals surface area contributed by atoms with Crippen molar-refractivity contribution in [3.8, 4) is 5.75 Å². The molecule has 0 heterocycles. The molecule has 1 aromatic rings. The Hall–Kier alpha value is -1.57. The molecule has 0 aliphatic carbocycles. The van der Waals surface area contributed by atoms with Crippen LogP contribution >= 0.6 is 0 Å². The van der Waals surface area contributed by atoms with Crippen LogP contribution in [0.25, 0.3) is 6.08 Å². The van der Waals surface area contributed by atoms with Gasteiger partial charge in [0, 0.05) is 6.42 Å². The average molecular weight is 232 g/mol. The van der Waals surface area contributed by atoms with Gasteiger partial charge in [-0.2, -0.15) is 0 Å². The Bertz CT molecular complexity index is 338. The summed E-state index contributed by atoms with van der Waals surface area (Å²) in [6.45, 7) is 2.93. The van der Waals surface area contributed by atoms with Crippen LogP contribution in [0.15, 0.2) is 30.3 Å². The smallest absolute Gasteiger partial charge is 0.120 e. The second-order valence-electron chi connectivity index (χ2n) is 3.92. The molecule has 1 aromatic carbocycles. The lowest BCUT2D eigenvalue weighted by Gasteiger charge is -2.04. The Morgan fingerprint density at radius 3 is 2.59 bits per heavy atom. The number of allylic oxidation sites excluding steroid dienone is 1. The van der Waals surface area contributed by atoms with Gasteiger partial charge in [-0.05, 0) is 30.5 Å². The molecule has 0 atom stereocenters. The third-order valence-corrected chi connectivity index (χ3v) is 2.41. The minimum Gasteiger partial charge on any atom is -0.494 e. The molecular weight excluding hydrogens is 212 g/mol. The van der Waals surface area contributed by atoms with Gasteiger partial charge in [0.1, 0.15) is 12.0 Å². The summed E-state index contributed by atoms with van der Waals surface area (Å²) in [4.78, 5) is 10.1. The van der Waals surface area contributed by atoms with Crippen LogP contribution in [0.4, 0.5) is 0 Å². The van der Waals surface area contributed by atoms with Crippen molar-refractivity contribution in [3.63, 3.8) is 0 Å². The summed E-state index contributed by atoms with van der Waals surface area (Å²) in [5.41, 5.74) is 1.14. The number of ether oxygens (including phenoxy) is 1. The van der Waals surface area contributed by atoms with Crippen molar-refractivity contribution < 1.29 is 9.53 Å². The molecule has 0 saturated heterocycles. The van der Waals surface area contributed by atoms with Gasteiger partial charge in [0.2, 0.25) is 0 Å². The fraction of sp³-hybridized carbons (Fsp3) is 0.400. The van der Waals surface area contributed by atoms with Gasteiger partial charge < -0.3 is 9.53 Å². The number of unbranched alkanes of at least 4 members (excludes halogenated alkanes) is 2. The summed E-state index contributed by atoms with van der Waals surface area (Å²) in [7, 11) is 0. The molecule has 0 N–H and O–H groups in total. The molecule has 0 aliphatic heterocycles. The van der Waals surface area contributed by atoms with E-state index >= 15 is 0 Å². The topological polar surface area (TPSA) is 26.3 Å². The standard InChI is InChI=1S/C15H20O2/c1-2-3-13-17-15-10-8-14(9-11-15)7-5-4-6-12-16/h5,7-12H,2-4,6,13H2,1H3/b7-5+. The van der Waals surface area contributed by atoms with E-state index in [1.165, 1.54) is 0 Å². The van der Waals surface area contributed by atoms with Gasteiger partial charge in [-0.1, -0.05) is 37.6 Å². The van der Waals surface area contributed by atoms with Crippen molar-refractivity contribution in [1.29, 1.82) is 0 Å². The predicted molar refractivity (Wildman–Crippen MR) is 71.2 cm³/mol. The van der Waals surface area contributed by atoms with E-state index in [9.17, 15) is 4.79 Å². The summed E-state index contributed by atoms with van der Waals surface area (Å²) in [6.07, 6.45) is 8.62. The molecule has 92 valence electrons. The predicted octanol–water partition coefficient (Wildman–Crippen LogP) is 3.86. The molecule has 0 saturated carbocycles. The first-order valence-corrected chi connectivity index (χ1v) is 6.20. The fourth-order valence-corrected chi connectivity index (χ4v) is 1.39. The summed E-state index contributed by atoms with van der Waals surface area (Å²) in [5, 5.41) is 0. The van der Waals surface area contributed by atoms with Crippen LogP contribution in [0.1, 0.15) is 38.2 Å². The molecule has 0 bridgehead atoms. The molecule has 0 amide bonds. The molecule has 2 heteroatoms. The monoisotopic (exact) mass is 232 g/mol. The quantitative estimate of drug-likeness (QED) is 0.502. The Labute approximate surface area is 103 Å². The third kappa shape index (κ3) is 5.91. The molecule has 17 heavy (non-hydrogen) atoms. The van der Waals surface area contributed by atoms with Gasteiger partial charge in [0.05, 0.1) is 6.61 Å². The first-order chi connectivity index (χ1) is 8.36. The van der Waals surface area contributed by atoms with Gasteiger partial charge in [-0.15, -0.1) is 0 Å². The zero-order chi connectivity index (χ0) is 12.3. The van der Waals surface area contributed by atoms with E-state index in [0.717, 1.165) is 43.5 Å². The van der Waals surface area contributed by atoms with E-state index in [2.05, 4.69) is 6.92 Å². The van der Waals surface area contributed by atoms with Crippen molar-refractivity contribution >= 4 is 12.4 Å². The Morgan fingerprint density at radius 1 is 1.18 bits per heavy atom. The first-order valence-electron chi connectivity index (χ1n) is 6.20. The van der Waals surface area contributed by atoms with Crippen LogP contribution in [0, 0.1) is 0 Å². The van der Waals surface area contributed by atoms with Crippen LogP contribution in [0.5, 0.6) is 5.75 Å². The molecule has 0 radical (unpaired) electrons. The van der Waals surface area contributed by atoms with Gasteiger partial charge in [0.15, 0.2) is 0 Å². The number of hydrogen-bond donors (Lipinski definition) is 0. The normalized spacial score (nSPS) is 10.6. The Balaban J connectivity index is 2.38. The van der Waals surface area contributed by atoms with E-state index in [1.54, 1.807) is 0 Å². The van der Waals surface area contributed by atoms with Crippen LogP contribution < -0.4 is 4.74 Å². The minimum atomic E-state index is 0.592. The summed E-state index contributed by atoms with van der Waals surface area (Å²) >= 11 is 0. The van der Waals surface area contributed by atoms with E-state index in [-0.39, 0.29) is 0 Å². The highest BCUT2D eigenvalue weighted by atomic mass is 16.5. The number of aldehydes is 1. The van der Waals surface area contributed by atoms with E-state index in [1.807, 2.05) is 36.4 Å². The van der Waals surface area contributed by atoms with Gasteiger partial charge in [0.25, 0.3) is 0 Å². The van der Waals surface area contributed by atoms with Crippen molar-refractivity contribution in [1.82, 2.24) is 0 Å². The molecule has 0 unspecified atom stereocenters. The van der Waals surface area contributed by atoms with Crippen LogP contribution in [-0.4, -0.2) is 12.9 Å². The second-order valence-corrected chi connectivity index (χ2v) is 3.92. The summed E-state index contributed by atoms with van der Waals surface area (Å²) in [5.74, 6) is 0.920.